The second kappa shape index (κ2) is 5.65. The number of rotatable bonds is 3. The van der Waals surface area contributed by atoms with Crippen LogP contribution in [0.3, 0.4) is 0 Å². The molecule has 1 aliphatic carbocycles. The first-order chi connectivity index (χ1) is 10.8. The second-order valence-electron chi connectivity index (χ2n) is 5.67. The van der Waals surface area contributed by atoms with Crippen LogP contribution < -0.4 is 10.7 Å². The van der Waals surface area contributed by atoms with E-state index in [1.54, 1.807) is 0 Å². The fraction of sp³-hybridized carbons (Fsp3) is 0.375. The summed E-state index contributed by atoms with van der Waals surface area (Å²) in [5.41, 5.74) is 7.87. The first-order valence-corrected chi connectivity index (χ1v) is 8.06. The summed E-state index contributed by atoms with van der Waals surface area (Å²) in [4.78, 5) is 7.87. The standard InChI is InChI=1S/C16H18ClN5/c17-10-4-5-12-11(8-10)16-13(21-12)2-1-3-14(16)22-20-9-15-18-6-7-19-15/h4-5,8,20-21H,1-3,6-7,9H2,(H,18,19). The van der Waals surface area contributed by atoms with Gasteiger partial charge in [-0.2, -0.15) is 5.10 Å². The number of hydrogen-bond donors (Lipinski definition) is 3. The zero-order valence-electron chi connectivity index (χ0n) is 12.2. The van der Waals surface area contributed by atoms with Crippen molar-refractivity contribution in [3.05, 3.63) is 34.5 Å². The molecule has 3 N–H and O–H groups in total. The van der Waals surface area contributed by atoms with Crippen LogP contribution >= 0.6 is 11.6 Å². The Hall–Kier alpha value is -2.01. The smallest absolute Gasteiger partial charge is 0.118 e. The number of aromatic nitrogens is 1. The topological polar surface area (TPSA) is 64.6 Å². The Labute approximate surface area is 133 Å². The fourth-order valence-electron chi connectivity index (χ4n) is 3.18. The molecule has 0 atom stereocenters. The van der Waals surface area contributed by atoms with Gasteiger partial charge in [0.1, 0.15) is 5.84 Å². The summed E-state index contributed by atoms with van der Waals surface area (Å²) in [6.07, 6.45) is 3.17. The van der Waals surface area contributed by atoms with Crippen LogP contribution in [0.15, 0.2) is 28.3 Å². The van der Waals surface area contributed by atoms with Crippen LogP contribution in [-0.4, -0.2) is 36.2 Å². The van der Waals surface area contributed by atoms with Crippen molar-refractivity contribution in [2.75, 3.05) is 19.6 Å². The van der Waals surface area contributed by atoms with Gasteiger partial charge in [0.05, 0.1) is 18.8 Å². The van der Waals surface area contributed by atoms with E-state index in [9.17, 15) is 0 Å². The van der Waals surface area contributed by atoms with Crippen LogP contribution in [-0.2, 0) is 6.42 Å². The number of aryl methyl sites for hydroxylation is 1. The van der Waals surface area contributed by atoms with Gasteiger partial charge in [-0.25, -0.2) is 0 Å². The molecule has 0 radical (unpaired) electrons. The molecule has 0 spiro atoms. The quantitative estimate of drug-likeness (QED) is 0.762. The average Bonchev–Trinajstić information content (AvgIpc) is 3.14. The number of H-pyrrole nitrogens is 1. The molecule has 1 aromatic carbocycles. The lowest BCUT2D eigenvalue weighted by Gasteiger charge is -2.14. The molecule has 22 heavy (non-hydrogen) atoms. The molecule has 1 aromatic heterocycles. The average molecular weight is 316 g/mol. The number of nitrogens with one attached hydrogen (secondary N) is 3. The molecular weight excluding hydrogens is 298 g/mol. The molecule has 0 bridgehead atoms. The first kappa shape index (κ1) is 13.6. The van der Waals surface area contributed by atoms with E-state index < -0.39 is 0 Å². The number of benzene rings is 1. The highest BCUT2D eigenvalue weighted by atomic mass is 35.5. The minimum atomic E-state index is 0.655. The maximum absolute atomic E-state index is 6.16. The van der Waals surface area contributed by atoms with Crippen molar-refractivity contribution in [1.82, 2.24) is 15.7 Å². The highest BCUT2D eigenvalue weighted by Crippen LogP contribution is 2.31. The van der Waals surface area contributed by atoms with E-state index in [1.807, 2.05) is 18.2 Å². The Balaban J connectivity index is 1.65. The van der Waals surface area contributed by atoms with E-state index in [1.165, 1.54) is 16.6 Å². The van der Waals surface area contributed by atoms with Gasteiger partial charge in [0.15, 0.2) is 0 Å². The van der Waals surface area contributed by atoms with Gasteiger partial charge in [-0.15, -0.1) is 0 Å². The van der Waals surface area contributed by atoms with Crippen molar-refractivity contribution in [2.45, 2.75) is 19.3 Å². The van der Waals surface area contributed by atoms with Crippen molar-refractivity contribution >= 4 is 34.1 Å². The van der Waals surface area contributed by atoms with Crippen LogP contribution in [0.5, 0.6) is 0 Å². The Morgan fingerprint density at radius 3 is 3.14 bits per heavy atom. The Morgan fingerprint density at radius 2 is 2.27 bits per heavy atom. The molecule has 114 valence electrons. The monoisotopic (exact) mass is 315 g/mol. The predicted octanol–water partition coefficient (Wildman–Crippen LogP) is 2.45. The number of nitrogens with zero attached hydrogens (tertiary/aromatic N) is 2. The zero-order valence-corrected chi connectivity index (χ0v) is 13.0. The molecule has 2 aliphatic rings. The molecule has 0 saturated carbocycles. The summed E-state index contributed by atoms with van der Waals surface area (Å²) in [6.45, 7) is 2.44. The number of halogens is 1. The molecule has 2 aromatic rings. The highest BCUT2D eigenvalue weighted by molar-refractivity contribution is 6.31. The summed E-state index contributed by atoms with van der Waals surface area (Å²) in [5.74, 6) is 0.988. The third kappa shape index (κ3) is 2.46. The molecule has 0 unspecified atom stereocenters. The minimum Gasteiger partial charge on any atom is -0.370 e. The van der Waals surface area contributed by atoms with Crippen LogP contribution in [0.1, 0.15) is 24.1 Å². The lowest BCUT2D eigenvalue weighted by molar-refractivity contribution is 0.783. The number of aliphatic imine (C=N–C) groups is 1. The van der Waals surface area contributed by atoms with E-state index >= 15 is 0 Å². The SMILES string of the molecule is Clc1ccc2[nH]c3c(c2c1)C(=NNCC1=NCCN1)CCC3. The number of hydrazone groups is 1. The molecule has 0 fully saturated rings. The summed E-state index contributed by atoms with van der Waals surface area (Å²) >= 11 is 6.16. The molecule has 6 heteroatoms. The maximum Gasteiger partial charge on any atom is 0.118 e. The van der Waals surface area contributed by atoms with Gasteiger partial charge in [0.2, 0.25) is 0 Å². The first-order valence-electron chi connectivity index (χ1n) is 7.68. The van der Waals surface area contributed by atoms with Crippen LogP contribution in [0.2, 0.25) is 5.02 Å². The largest absolute Gasteiger partial charge is 0.370 e. The predicted molar refractivity (Wildman–Crippen MR) is 91.1 cm³/mol. The Morgan fingerprint density at radius 1 is 1.32 bits per heavy atom. The number of aromatic amines is 1. The van der Waals surface area contributed by atoms with E-state index in [-0.39, 0.29) is 0 Å². The molecular formula is C16H18ClN5. The molecule has 5 nitrogen and oxygen atoms in total. The van der Waals surface area contributed by atoms with Crippen molar-refractivity contribution in [3.63, 3.8) is 0 Å². The van der Waals surface area contributed by atoms with Gasteiger partial charge in [0.25, 0.3) is 0 Å². The Bertz CT molecular complexity index is 774. The van der Waals surface area contributed by atoms with Crippen LogP contribution in [0, 0.1) is 0 Å². The number of amidine groups is 1. The van der Waals surface area contributed by atoms with E-state index in [4.69, 9.17) is 11.6 Å². The van der Waals surface area contributed by atoms with Gasteiger partial charge >= 0.3 is 0 Å². The van der Waals surface area contributed by atoms with Crippen LogP contribution in [0.4, 0.5) is 0 Å². The van der Waals surface area contributed by atoms with Gasteiger partial charge in [-0.05, 0) is 37.5 Å². The lowest BCUT2D eigenvalue weighted by atomic mass is 9.93. The van der Waals surface area contributed by atoms with Crippen molar-refractivity contribution in [3.8, 4) is 0 Å². The molecule has 2 heterocycles. The lowest BCUT2D eigenvalue weighted by Crippen LogP contribution is -2.29. The minimum absolute atomic E-state index is 0.655. The summed E-state index contributed by atoms with van der Waals surface area (Å²) in [6, 6.07) is 5.98. The van der Waals surface area contributed by atoms with Crippen LogP contribution in [0.25, 0.3) is 10.9 Å². The highest BCUT2D eigenvalue weighted by Gasteiger charge is 2.21. The van der Waals surface area contributed by atoms with E-state index in [0.717, 1.165) is 54.4 Å². The van der Waals surface area contributed by atoms with E-state index in [0.29, 0.717) is 6.54 Å². The summed E-state index contributed by atoms with van der Waals surface area (Å²) in [5, 5.41) is 9.79. The van der Waals surface area contributed by atoms with Crippen molar-refractivity contribution < 1.29 is 0 Å². The third-order valence-corrected chi connectivity index (χ3v) is 4.41. The van der Waals surface area contributed by atoms with Gasteiger partial charge in [-0.1, -0.05) is 11.6 Å². The van der Waals surface area contributed by atoms with Crippen molar-refractivity contribution in [2.24, 2.45) is 10.1 Å². The molecule has 4 rings (SSSR count). The normalized spacial score (nSPS) is 19.1. The summed E-state index contributed by atoms with van der Waals surface area (Å²) in [7, 11) is 0. The summed E-state index contributed by atoms with van der Waals surface area (Å²) < 4.78 is 0. The second-order valence-corrected chi connectivity index (χ2v) is 6.11. The Kier molecular flexibility index (Phi) is 3.50. The van der Waals surface area contributed by atoms with E-state index in [2.05, 4.69) is 25.8 Å². The molecule has 1 aliphatic heterocycles. The van der Waals surface area contributed by atoms with Crippen molar-refractivity contribution in [1.29, 1.82) is 0 Å². The maximum atomic E-state index is 6.16. The number of fused-ring (bicyclic) bond motifs is 3. The zero-order chi connectivity index (χ0) is 14.9. The van der Waals surface area contributed by atoms with Gasteiger partial charge in [0, 0.05) is 33.7 Å². The molecule has 0 amide bonds. The number of hydrogen-bond acceptors (Lipinski definition) is 4. The fourth-order valence-corrected chi connectivity index (χ4v) is 3.35. The molecule has 0 saturated heterocycles. The third-order valence-electron chi connectivity index (χ3n) is 4.17. The van der Waals surface area contributed by atoms with Gasteiger partial charge < -0.3 is 15.7 Å². The van der Waals surface area contributed by atoms with Gasteiger partial charge in [-0.3, -0.25) is 4.99 Å².